The molecule has 2 rings (SSSR count). The van der Waals surface area contributed by atoms with Crippen molar-refractivity contribution in [3.05, 3.63) is 48.3 Å². The molecule has 2 unspecified atom stereocenters. The van der Waals surface area contributed by atoms with Gasteiger partial charge in [0.05, 0.1) is 18.4 Å². The predicted octanol–water partition coefficient (Wildman–Crippen LogP) is -0.304. The Bertz CT molecular complexity index is 452. The van der Waals surface area contributed by atoms with Crippen LogP contribution in [0.25, 0.3) is 0 Å². The predicted molar refractivity (Wildman–Crippen MR) is 61.0 cm³/mol. The van der Waals surface area contributed by atoms with Crippen LogP contribution < -0.4 is 34.5 Å². The van der Waals surface area contributed by atoms with Crippen LogP contribution in [0.3, 0.4) is 0 Å². The molecule has 0 aromatic carbocycles. The quantitative estimate of drug-likeness (QED) is 0.536. The standard InChI is InChI=1S/C12H13O4P.Na/c13-17(14)9-10(12-4-2-8-16-12)5-6-11-3-1-7-15-11;/h1-4,7-8,10H,5-6,9H2;/q;+1. The molecule has 90 valence electrons. The average molecular weight is 275 g/mol. The largest absolute Gasteiger partial charge is 1.00 e. The minimum atomic E-state index is -2.40. The van der Waals surface area contributed by atoms with Gasteiger partial charge in [0.15, 0.2) is 6.16 Å². The van der Waals surface area contributed by atoms with Crippen LogP contribution in [0, 0.1) is 0 Å². The first-order chi connectivity index (χ1) is 8.25. The average Bonchev–Trinajstić information content (AvgIpc) is 2.96. The molecule has 2 atom stereocenters. The maximum Gasteiger partial charge on any atom is 1.00 e. The molecular formula is C12H13NaO4P+. The molecular weight excluding hydrogens is 262 g/mol. The summed E-state index contributed by atoms with van der Waals surface area (Å²) >= 11 is 0. The number of furan rings is 2. The molecule has 18 heavy (non-hydrogen) atoms. The smallest absolute Gasteiger partial charge is 0.596 e. The molecule has 0 aliphatic carbocycles. The molecule has 0 radical (unpaired) electrons. The van der Waals surface area contributed by atoms with Gasteiger partial charge in [-0.3, -0.25) is 0 Å². The van der Waals surface area contributed by atoms with Crippen LogP contribution in [0.2, 0.25) is 0 Å². The second kappa shape index (κ2) is 7.93. The fourth-order valence-corrected chi connectivity index (χ4v) is 2.52. The van der Waals surface area contributed by atoms with Gasteiger partial charge in [0.1, 0.15) is 11.5 Å². The van der Waals surface area contributed by atoms with Crippen LogP contribution >= 0.6 is 8.03 Å². The fraction of sp³-hybridized carbons (Fsp3) is 0.333. The van der Waals surface area contributed by atoms with Gasteiger partial charge in [-0.15, -0.1) is 0 Å². The van der Waals surface area contributed by atoms with Crippen molar-refractivity contribution < 1.29 is 47.9 Å². The molecule has 0 aliphatic heterocycles. The third-order valence-corrected chi connectivity index (χ3v) is 3.37. The summed E-state index contributed by atoms with van der Waals surface area (Å²) in [4.78, 5) is 10.8. The SMILES string of the molecule is O=[P+]([O-])CC(CCc1ccco1)c1ccco1.[Na+]. The van der Waals surface area contributed by atoms with Crippen molar-refractivity contribution >= 4 is 8.03 Å². The van der Waals surface area contributed by atoms with Crippen molar-refractivity contribution in [2.75, 3.05) is 6.16 Å². The summed E-state index contributed by atoms with van der Waals surface area (Å²) in [6, 6.07) is 7.29. The van der Waals surface area contributed by atoms with Gasteiger partial charge in [-0.1, -0.05) is 4.57 Å². The molecule has 0 N–H and O–H groups in total. The third-order valence-electron chi connectivity index (χ3n) is 2.63. The van der Waals surface area contributed by atoms with E-state index in [0.29, 0.717) is 12.8 Å². The summed E-state index contributed by atoms with van der Waals surface area (Å²) in [5.41, 5.74) is 0. The number of hydrogen-bond donors (Lipinski definition) is 0. The van der Waals surface area contributed by atoms with E-state index in [4.69, 9.17) is 8.83 Å². The first-order valence-electron chi connectivity index (χ1n) is 5.43. The molecule has 6 heteroatoms. The van der Waals surface area contributed by atoms with Gasteiger partial charge in [-0.05, 0) is 30.7 Å². The first kappa shape index (κ1) is 15.7. The van der Waals surface area contributed by atoms with E-state index < -0.39 is 8.03 Å². The van der Waals surface area contributed by atoms with Crippen molar-refractivity contribution in [3.63, 3.8) is 0 Å². The second-order valence-electron chi connectivity index (χ2n) is 3.85. The van der Waals surface area contributed by atoms with E-state index >= 15 is 0 Å². The summed E-state index contributed by atoms with van der Waals surface area (Å²) in [6.07, 6.45) is 4.70. The van der Waals surface area contributed by atoms with Crippen molar-refractivity contribution in [2.24, 2.45) is 0 Å². The van der Waals surface area contributed by atoms with Crippen molar-refractivity contribution in [1.29, 1.82) is 0 Å². The van der Waals surface area contributed by atoms with Crippen molar-refractivity contribution in [2.45, 2.75) is 18.8 Å². The van der Waals surface area contributed by atoms with Crippen LogP contribution in [-0.2, 0) is 11.0 Å². The minimum Gasteiger partial charge on any atom is -0.596 e. The van der Waals surface area contributed by atoms with E-state index in [9.17, 15) is 9.46 Å². The Kier molecular flexibility index (Phi) is 6.90. The third kappa shape index (κ3) is 4.71. The number of hydrogen-bond acceptors (Lipinski definition) is 4. The van der Waals surface area contributed by atoms with Gasteiger partial charge in [0.2, 0.25) is 0 Å². The Morgan fingerprint density at radius 1 is 1.22 bits per heavy atom. The van der Waals surface area contributed by atoms with Crippen molar-refractivity contribution in [3.8, 4) is 0 Å². The van der Waals surface area contributed by atoms with E-state index in [-0.39, 0.29) is 41.6 Å². The van der Waals surface area contributed by atoms with Crippen LogP contribution in [-0.4, -0.2) is 6.16 Å². The van der Waals surface area contributed by atoms with Crippen LogP contribution in [0.5, 0.6) is 0 Å². The zero-order valence-electron chi connectivity index (χ0n) is 10.2. The summed E-state index contributed by atoms with van der Waals surface area (Å²) in [5.74, 6) is 1.48. The maximum absolute atomic E-state index is 10.8. The Morgan fingerprint density at radius 3 is 2.50 bits per heavy atom. The molecule has 0 fully saturated rings. The van der Waals surface area contributed by atoms with Crippen LogP contribution in [0.1, 0.15) is 23.9 Å². The molecule has 2 aromatic heterocycles. The van der Waals surface area contributed by atoms with Gasteiger partial charge < -0.3 is 13.7 Å². The summed E-state index contributed by atoms with van der Waals surface area (Å²) in [7, 11) is -2.40. The Hall–Kier alpha value is -0.380. The molecule has 0 saturated carbocycles. The van der Waals surface area contributed by atoms with E-state index in [1.165, 1.54) is 0 Å². The fourth-order valence-electron chi connectivity index (χ4n) is 1.80. The van der Waals surface area contributed by atoms with Crippen LogP contribution in [0.15, 0.2) is 45.6 Å². The monoisotopic (exact) mass is 275 g/mol. The van der Waals surface area contributed by atoms with Crippen molar-refractivity contribution in [1.82, 2.24) is 0 Å². The zero-order chi connectivity index (χ0) is 12.1. The summed E-state index contributed by atoms with van der Waals surface area (Å²) in [6.45, 7) is 0. The van der Waals surface area contributed by atoms with Gasteiger partial charge >= 0.3 is 37.6 Å². The molecule has 0 amide bonds. The molecule has 0 bridgehead atoms. The van der Waals surface area contributed by atoms with E-state index in [1.807, 2.05) is 18.2 Å². The summed E-state index contributed by atoms with van der Waals surface area (Å²) in [5, 5.41) is 0. The zero-order valence-corrected chi connectivity index (χ0v) is 13.1. The van der Waals surface area contributed by atoms with E-state index in [0.717, 1.165) is 11.5 Å². The maximum atomic E-state index is 10.8. The van der Waals surface area contributed by atoms with Gasteiger partial charge in [0, 0.05) is 6.42 Å². The van der Waals surface area contributed by atoms with E-state index in [1.54, 1.807) is 18.6 Å². The number of rotatable bonds is 6. The Balaban J connectivity index is 0.00000162. The Labute approximate surface area is 129 Å². The molecule has 4 nitrogen and oxygen atoms in total. The molecule has 2 heterocycles. The topological polar surface area (TPSA) is 66.4 Å². The molecule has 2 aromatic rings. The normalized spacial score (nSPS) is 12.8. The Morgan fingerprint density at radius 2 is 1.94 bits per heavy atom. The number of aryl methyl sites for hydroxylation is 1. The molecule has 0 spiro atoms. The van der Waals surface area contributed by atoms with Gasteiger partial charge in [0.25, 0.3) is 0 Å². The molecule has 0 saturated heterocycles. The van der Waals surface area contributed by atoms with Gasteiger partial charge in [-0.25, -0.2) is 0 Å². The summed E-state index contributed by atoms with van der Waals surface area (Å²) < 4.78 is 21.3. The van der Waals surface area contributed by atoms with Crippen LogP contribution in [0.4, 0.5) is 0 Å². The second-order valence-corrected chi connectivity index (χ2v) is 4.88. The first-order valence-corrected chi connectivity index (χ1v) is 6.79. The van der Waals surface area contributed by atoms with E-state index in [2.05, 4.69) is 0 Å². The molecule has 0 aliphatic rings. The van der Waals surface area contributed by atoms with Gasteiger partial charge in [-0.2, -0.15) is 0 Å². The minimum absolute atomic E-state index is 0.